The van der Waals surface area contributed by atoms with Gasteiger partial charge in [-0.05, 0) is 29.9 Å². The highest BCUT2D eigenvalue weighted by molar-refractivity contribution is 7.99. The molecule has 6 nitrogen and oxygen atoms in total. The fraction of sp³-hybridized carbons (Fsp3) is 0.500. The van der Waals surface area contributed by atoms with Crippen LogP contribution in [0.3, 0.4) is 0 Å². The lowest BCUT2D eigenvalue weighted by atomic mass is 9.86. The average Bonchev–Trinajstić information content (AvgIpc) is 3.16. The Morgan fingerprint density at radius 1 is 1.36 bits per heavy atom. The Balaban J connectivity index is 1.52. The van der Waals surface area contributed by atoms with E-state index >= 15 is 0 Å². The van der Waals surface area contributed by atoms with Gasteiger partial charge in [0.05, 0.1) is 24.4 Å². The van der Waals surface area contributed by atoms with Crippen molar-refractivity contribution >= 4 is 23.6 Å². The number of nitriles is 1. The van der Waals surface area contributed by atoms with Gasteiger partial charge >= 0.3 is 0 Å². The van der Waals surface area contributed by atoms with Crippen LogP contribution < -0.4 is 4.74 Å². The van der Waals surface area contributed by atoms with E-state index in [1.807, 2.05) is 0 Å². The van der Waals surface area contributed by atoms with E-state index in [2.05, 4.69) is 6.07 Å². The van der Waals surface area contributed by atoms with Gasteiger partial charge in [0.25, 0.3) is 0 Å². The van der Waals surface area contributed by atoms with Crippen molar-refractivity contribution < 1.29 is 19.4 Å². The van der Waals surface area contributed by atoms with Crippen LogP contribution in [0.2, 0.25) is 0 Å². The molecule has 0 radical (unpaired) electrons. The number of thioether (sulfide) groups is 1. The third-order valence-electron chi connectivity index (χ3n) is 4.64. The number of likely N-dealkylation sites (tertiary alicyclic amines) is 1. The molecule has 1 aromatic carbocycles. The van der Waals surface area contributed by atoms with Crippen LogP contribution in [-0.4, -0.2) is 52.6 Å². The smallest absolute Gasteiger partial charge is 0.236 e. The SMILES string of the molecule is N#CCc1ccc(OCC(O)CN2C(=O)CC3(CCSC3)C2=O)cc1. The van der Waals surface area contributed by atoms with Gasteiger partial charge < -0.3 is 9.84 Å². The zero-order valence-corrected chi connectivity index (χ0v) is 14.6. The van der Waals surface area contributed by atoms with Crippen molar-refractivity contribution in [2.24, 2.45) is 5.41 Å². The van der Waals surface area contributed by atoms with Gasteiger partial charge in [-0.15, -0.1) is 0 Å². The first-order chi connectivity index (χ1) is 12.0. The molecule has 2 aliphatic rings. The molecule has 3 rings (SSSR count). The molecule has 1 N–H and O–H groups in total. The number of ether oxygens (including phenoxy) is 1. The molecule has 2 heterocycles. The third kappa shape index (κ3) is 3.80. The number of hydrogen-bond donors (Lipinski definition) is 1. The maximum absolute atomic E-state index is 12.6. The first-order valence-electron chi connectivity index (χ1n) is 8.23. The lowest BCUT2D eigenvalue weighted by molar-refractivity contribution is -0.142. The number of amides is 2. The molecule has 2 amide bonds. The summed E-state index contributed by atoms with van der Waals surface area (Å²) < 4.78 is 5.51. The maximum atomic E-state index is 12.6. The van der Waals surface area contributed by atoms with Gasteiger partial charge in [0.2, 0.25) is 11.8 Å². The third-order valence-corrected chi connectivity index (χ3v) is 5.88. The average molecular weight is 360 g/mol. The molecule has 132 valence electrons. The second-order valence-corrected chi connectivity index (χ2v) is 7.62. The van der Waals surface area contributed by atoms with Crippen molar-refractivity contribution in [1.82, 2.24) is 4.90 Å². The van der Waals surface area contributed by atoms with E-state index in [4.69, 9.17) is 10.00 Å². The van der Waals surface area contributed by atoms with Crippen LogP contribution >= 0.6 is 11.8 Å². The number of rotatable bonds is 6. The molecule has 0 aliphatic carbocycles. The predicted octanol–water partition coefficient (Wildman–Crippen LogP) is 1.37. The van der Waals surface area contributed by atoms with Crippen LogP contribution in [0.15, 0.2) is 24.3 Å². The topological polar surface area (TPSA) is 90.6 Å². The van der Waals surface area contributed by atoms with Crippen molar-refractivity contribution in [3.63, 3.8) is 0 Å². The first-order valence-corrected chi connectivity index (χ1v) is 9.39. The number of imide groups is 1. The van der Waals surface area contributed by atoms with E-state index in [1.54, 1.807) is 36.0 Å². The zero-order chi connectivity index (χ0) is 17.9. The molecule has 7 heteroatoms. The fourth-order valence-electron chi connectivity index (χ4n) is 3.21. The van der Waals surface area contributed by atoms with Crippen molar-refractivity contribution in [2.75, 3.05) is 24.7 Å². The van der Waals surface area contributed by atoms with E-state index in [0.29, 0.717) is 17.9 Å². The summed E-state index contributed by atoms with van der Waals surface area (Å²) in [6.07, 6.45) is 0.394. The minimum Gasteiger partial charge on any atom is -0.491 e. The molecular formula is C18H20N2O4S. The number of aliphatic hydroxyl groups excluding tert-OH is 1. The summed E-state index contributed by atoms with van der Waals surface area (Å²) in [5.74, 6) is 1.81. The second kappa shape index (κ2) is 7.46. The molecule has 2 unspecified atom stereocenters. The summed E-state index contributed by atoms with van der Waals surface area (Å²) in [5, 5.41) is 18.8. The predicted molar refractivity (Wildman–Crippen MR) is 93.0 cm³/mol. The van der Waals surface area contributed by atoms with Gasteiger partial charge in [-0.1, -0.05) is 12.1 Å². The van der Waals surface area contributed by atoms with E-state index in [0.717, 1.165) is 17.7 Å². The summed E-state index contributed by atoms with van der Waals surface area (Å²) in [6.45, 7) is -0.0347. The Hall–Kier alpha value is -2.04. The highest BCUT2D eigenvalue weighted by Crippen LogP contribution is 2.44. The number of nitrogens with zero attached hydrogens (tertiary/aromatic N) is 2. The van der Waals surface area contributed by atoms with Crippen molar-refractivity contribution in [1.29, 1.82) is 5.26 Å². The quantitative estimate of drug-likeness (QED) is 0.771. The van der Waals surface area contributed by atoms with Gasteiger partial charge in [-0.3, -0.25) is 14.5 Å². The summed E-state index contributed by atoms with van der Waals surface area (Å²) in [7, 11) is 0. The van der Waals surface area contributed by atoms with Gasteiger partial charge in [0.1, 0.15) is 18.5 Å². The lowest BCUT2D eigenvalue weighted by Gasteiger charge is -2.22. The Morgan fingerprint density at radius 2 is 2.12 bits per heavy atom. The molecule has 2 atom stereocenters. The van der Waals surface area contributed by atoms with Gasteiger partial charge in [-0.25, -0.2) is 0 Å². The van der Waals surface area contributed by atoms with Gasteiger partial charge in [0, 0.05) is 12.2 Å². The molecule has 25 heavy (non-hydrogen) atoms. The number of carbonyl (C=O) groups is 2. The molecule has 0 aromatic heterocycles. The lowest BCUT2D eigenvalue weighted by Crippen LogP contribution is -2.41. The largest absolute Gasteiger partial charge is 0.491 e. The summed E-state index contributed by atoms with van der Waals surface area (Å²) in [5.41, 5.74) is 0.349. The molecular weight excluding hydrogens is 340 g/mol. The van der Waals surface area contributed by atoms with Crippen molar-refractivity contribution in [3.8, 4) is 11.8 Å². The normalized spacial score (nSPS) is 23.9. The summed E-state index contributed by atoms with van der Waals surface area (Å²) in [6, 6.07) is 9.12. The van der Waals surface area contributed by atoms with Gasteiger partial charge in [0.15, 0.2) is 0 Å². The number of carbonyl (C=O) groups excluding carboxylic acids is 2. The molecule has 0 saturated carbocycles. The summed E-state index contributed by atoms with van der Waals surface area (Å²) >= 11 is 1.70. The highest BCUT2D eigenvalue weighted by atomic mass is 32.2. The zero-order valence-electron chi connectivity index (χ0n) is 13.8. The number of hydrogen-bond acceptors (Lipinski definition) is 6. The van der Waals surface area contributed by atoms with Crippen LogP contribution in [0, 0.1) is 16.7 Å². The summed E-state index contributed by atoms with van der Waals surface area (Å²) in [4.78, 5) is 25.9. The Labute approximate surface area is 150 Å². The van der Waals surface area contributed by atoms with Gasteiger partial charge in [-0.2, -0.15) is 17.0 Å². The second-order valence-electron chi connectivity index (χ2n) is 6.51. The van der Waals surface area contributed by atoms with Crippen LogP contribution in [-0.2, 0) is 16.0 Å². The number of aliphatic hydroxyl groups is 1. The number of β-amino-alcohol motifs (C(OH)–C–C–N with tert-alkyl or cyclic N) is 1. The molecule has 2 fully saturated rings. The Morgan fingerprint density at radius 3 is 2.76 bits per heavy atom. The molecule has 1 aromatic rings. The monoisotopic (exact) mass is 360 g/mol. The van der Waals surface area contributed by atoms with Crippen molar-refractivity contribution in [2.45, 2.75) is 25.4 Å². The minimum atomic E-state index is -0.934. The van der Waals surface area contributed by atoms with E-state index in [1.165, 1.54) is 4.90 Å². The Kier molecular flexibility index (Phi) is 5.30. The van der Waals surface area contributed by atoms with Crippen LogP contribution in [0.5, 0.6) is 5.75 Å². The maximum Gasteiger partial charge on any atom is 0.236 e. The molecule has 2 saturated heterocycles. The van der Waals surface area contributed by atoms with E-state index in [9.17, 15) is 14.7 Å². The fourth-order valence-corrected chi connectivity index (χ4v) is 4.65. The van der Waals surface area contributed by atoms with E-state index < -0.39 is 11.5 Å². The number of benzene rings is 1. The molecule has 2 aliphatic heterocycles. The first kappa shape index (κ1) is 17.8. The highest BCUT2D eigenvalue weighted by Gasteiger charge is 2.53. The van der Waals surface area contributed by atoms with Crippen LogP contribution in [0.25, 0.3) is 0 Å². The van der Waals surface area contributed by atoms with Crippen molar-refractivity contribution in [3.05, 3.63) is 29.8 Å². The van der Waals surface area contributed by atoms with E-state index in [-0.39, 0.29) is 31.4 Å². The van der Waals surface area contributed by atoms with Crippen LogP contribution in [0.1, 0.15) is 18.4 Å². The minimum absolute atomic E-state index is 0.00356. The van der Waals surface area contributed by atoms with Crippen LogP contribution in [0.4, 0.5) is 0 Å². The standard InChI is InChI=1S/C18H20N2O4S/c19-7-5-13-1-3-15(4-2-13)24-11-14(21)10-20-16(22)9-18(17(20)23)6-8-25-12-18/h1-4,14,21H,5-6,8-12H2. The molecule has 1 spiro atoms. The Bertz CT molecular complexity index is 692. The molecule has 0 bridgehead atoms.